The molecule has 0 heterocycles. The third-order valence-electron chi connectivity index (χ3n) is 3.29. The Balaban J connectivity index is 2.67. The van der Waals surface area contributed by atoms with Crippen molar-refractivity contribution in [3.05, 3.63) is 34.9 Å². The lowest BCUT2D eigenvalue weighted by atomic mass is 9.82. The van der Waals surface area contributed by atoms with Gasteiger partial charge in [0.1, 0.15) is 0 Å². The molecular weight excluding hydrogens is 218 g/mol. The summed E-state index contributed by atoms with van der Waals surface area (Å²) in [6, 6.07) is 6.82. The highest BCUT2D eigenvalue weighted by molar-refractivity contribution is 5.30. The summed E-state index contributed by atoms with van der Waals surface area (Å²) in [6.07, 6.45) is 2.30. The lowest BCUT2D eigenvalue weighted by Crippen LogP contribution is -2.18. The Hall–Kier alpha value is -0.820. The average molecular weight is 247 g/mol. The van der Waals surface area contributed by atoms with E-state index in [0.29, 0.717) is 11.3 Å². The van der Waals surface area contributed by atoms with Gasteiger partial charge >= 0.3 is 0 Å². The van der Waals surface area contributed by atoms with Gasteiger partial charge in [-0.3, -0.25) is 0 Å². The van der Waals surface area contributed by atoms with Crippen LogP contribution in [0.1, 0.15) is 63.3 Å². The van der Waals surface area contributed by atoms with Crippen LogP contribution in [0.4, 0.5) is 0 Å². The molecule has 0 aliphatic carbocycles. The molecule has 1 rings (SSSR count). The number of hydrogen-bond donors (Lipinski definition) is 1. The molecule has 0 bridgehead atoms. The van der Waals surface area contributed by atoms with Crippen LogP contribution in [-0.4, -0.2) is 0 Å². The van der Waals surface area contributed by atoms with E-state index in [1.165, 1.54) is 23.1 Å². The Morgan fingerprint density at radius 1 is 1.06 bits per heavy atom. The van der Waals surface area contributed by atoms with Crippen LogP contribution in [0.2, 0.25) is 0 Å². The van der Waals surface area contributed by atoms with E-state index in [1.54, 1.807) is 0 Å². The van der Waals surface area contributed by atoms with Crippen LogP contribution >= 0.6 is 0 Å². The summed E-state index contributed by atoms with van der Waals surface area (Å²) in [5, 5.41) is 0. The minimum Gasteiger partial charge on any atom is -0.324 e. The molecule has 0 saturated heterocycles. The van der Waals surface area contributed by atoms with Crippen molar-refractivity contribution in [1.82, 2.24) is 0 Å². The van der Waals surface area contributed by atoms with Crippen LogP contribution in [0.5, 0.6) is 0 Å². The molecule has 0 fully saturated rings. The highest BCUT2D eigenvalue weighted by Gasteiger charge is 2.18. The largest absolute Gasteiger partial charge is 0.324 e. The van der Waals surface area contributed by atoms with Crippen molar-refractivity contribution < 1.29 is 0 Å². The van der Waals surface area contributed by atoms with Gasteiger partial charge < -0.3 is 5.73 Å². The molecule has 1 aromatic rings. The molecule has 1 aromatic carbocycles. The summed E-state index contributed by atoms with van der Waals surface area (Å²) in [4.78, 5) is 0. The van der Waals surface area contributed by atoms with Crippen LogP contribution in [0.15, 0.2) is 18.2 Å². The topological polar surface area (TPSA) is 26.0 Å². The summed E-state index contributed by atoms with van der Waals surface area (Å²) in [5.74, 6) is 0.667. The van der Waals surface area contributed by atoms with Crippen LogP contribution in [0, 0.1) is 25.2 Å². The predicted molar refractivity (Wildman–Crippen MR) is 80.7 cm³/mol. The number of benzene rings is 1. The van der Waals surface area contributed by atoms with Gasteiger partial charge in [-0.1, -0.05) is 57.0 Å². The fourth-order valence-corrected chi connectivity index (χ4v) is 2.92. The monoisotopic (exact) mass is 247 g/mol. The van der Waals surface area contributed by atoms with Crippen LogP contribution < -0.4 is 5.73 Å². The molecule has 2 atom stereocenters. The van der Waals surface area contributed by atoms with E-state index in [9.17, 15) is 0 Å². The standard InChI is InChI=1S/C17H29N/c1-12-7-13(2)9-15(8-12)16(18)10-14(3)11-17(4,5)6/h7-9,14,16H,10-11,18H2,1-6H3. The summed E-state index contributed by atoms with van der Waals surface area (Å²) in [5.41, 5.74) is 10.6. The van der Waals surface area contributed by atoms with Gasteiger partial charge in [0.15, 0.2) is 0 Å². The van der Waals surface area contributed by atoms with Gasteiger partial charge in [0.2, 0.25) is 0 Å². The molecule has 0 saturated carbocycles. The fourth-order valence-electron chi connectivity index (χ4n) is 2.92. The molecule has 0 aromatic heterocycles. The summed E-state index contributed by atoms with van der Waals surface area (Å²) in [6.45, 7) is 13.5. The third kappa shape index (κ3) is 5.22. The summed E-state index contributed by atoms with van der Waals surface area (Å²) >= 11 is 0. The zero-order valence-corrected chi connectivity index (χ0v) is 12.9. The van der Waals surface area contributed by atoms with Crippen LogP contribution in [0.3, 0.4) is 0 Å². The van der Waals surface area contributed by atoms with E-state index in [0.717, 1.165) is 6.42 Å². The molecule has 0 radical (unpaired) electrons. The summed E-state index contributed by atoms with van der Waals surface area (Å²) < 4.78 is 0. The van der Waals surface area contributed by atoms with Gasteiger partial charge in [0, 0.05) is 6.04 Å². The highest BCUT2D eigenvalue weighted by Crippen LogP contribution is 2.30. The summed E-state index contributed by atoms with van der Waals surface area (Å²) in [7, 11) is 0. The smallest absolute Gasteiger partial charge is 0.0297 e. The van der Waals surface area contributed by atoms with Gasteiger partial charge in [-0.15, -0.1) is 0 Å². The molecule has 0 aliphatic rings. The van der Waals surface area contributed by atoms with Gasteiger partial charge in [0.05, 0.1) is 0 Å². The number of rotatable bonds is 4. The van der Waals surface area contributed by atoms with Crippen molar-refractivity contribution in [2.75, 3.05) is 0 Å². The Bertz CT molecular complexity index is 367. The first-order valence-electron chi connectivity index (χ1n) is 7.01. The van der Waals surface area contributed by atoms with E-state index in [-0.39, 0.29) is 6.04 Å². The first-order valence-corrected chi connectivity index (χ1v) is 7.01. The minimum absolute atomic E-state index is 0.168. The molecule has 18 heavy (non-hydrogen) atoms. The SMILES string of the molecule is Cc1cc(C)cc(C(N)CC(C)CC(C)(C)C)c1. The van der Waals surface area contributed by atoms with E-state index < -0.39 is 0 Å². The van der Waals surface area contributed by atoms with Crippen LogP contribution in [-0.2, 0) is 0 Å². The Kier molecular flexibility index (Phi) is 4.98. The average Bonchev–Trinajstić information content (AvgIpc) is 2.12. The second-order valence-corrected chi connectivity index (χ2v) is 7.13. The van der Waals surface area contributed by atoms with E-state index >= 15 is 0 Å². The van der Waals surface area contributed by atoms with Crippen molar-refractivity contribution >= 4 is 0 Å². The molecule has 0 amide bonds. The molecule has 1 heteroatoms. The molecule has 0 spiro atoms. The van der Waals surface area contributed by atoms with Crippen molar-refractivity contribution in [3.63, 3.8) is 0 Å². The molecule has 2 N–H and O–H groups in total. The first-order chi connectivity index (χ1) is 8.17. The predicted octanol–water partition coefficient (Wildman–Crippen LogP) is 4.77. The second kappa shape index (κ2) is 5.88. The molecular formula is C17H29N. The normalized spacial score (nSPS) is 15.5. The van der Waals surface area contributed by atoms with Crippen molar-refractivity contribution in [3.8, 4) is 0 Å². The maximum Gasteiger partial charge on any atom is 0.0297 e. The highest BCUT2D eigenvalue weighted by atomic mass is 14.6. The second-order valence-electron chi connectivity index (χ2n) is 7.13. The van der Waals surface area contributed by atoms with Gasteiger partial charge in [-0.2, -0.15) is 0 Å². The Labute approximate surface area is 113 Å². The van der Waals surface area contributed by atoms with Gasteiger partial charge in [-0.05, 0) is 43.6 Å². The van der Waals surface area contributed by atoms with Crippen molar-refractivity contribution in [2.45, 2.75) is 60.4 Å². The maximum atomic E-state index is 6.35. The first kappa shape index (κ1) is 15.2. The third-order valence-corrected chi connectivity index (χ3v) is 3.29. The lowest BCUT2D eigenvalue weighted by Gasteiger charge is -2.25. The number of aryl methyl sites for hydroxylation is 2. The van der Waals surface area contributed by atoms with E-state index in [2.05, 4.69) is 59.7 Å². The van der Waals surface area contributed by atoms with Gasteiger partial charge in [-0.25, -0.2) is 0 Å². The van der Waals surface area contributed by atoms with E-state index in [1.807, 2.05) is 0 Å². The zero-order chi connectivity index (χ0) is 13.9. The zero-order valence-electron chi connectivity index (χ0n) is 12.9. The van der Waals surface area contributed by atoms with E-state index in [4.69, 9.17) is 5.73 Å². The minimum atomic E-state index is 0.168. The maximum absolute atomic E-state index is 6.35. The molecule has 102 valence electrons. The van der Waals surface area contributed by atoms with Crippen LogP contribution in [0.25, 0.3) is 0 Å². The fraction of sp³-hybridized carbons (Fsp3) is 0.647. The molecule has 1 nitrogen and oxygen atoms in total. The van der Waals surface area contributed by atoms with Crippen molar-refractivity contribution in [1.29, 1.82) is 0 Å². The number of nitrogens with two attached hydrogens (primary N) is 1. The number of hydrogen-bond acceptors (Lipinski definition) is 1. The molecule has 0 aliphatic heterocycles. The lowest BCUT2D eigenvalue weighted by molar-refractivity contribution is 0.286. The van der Waals surface area contributed by atoms with Crippen molar-refractivity contribution in [2.24, 2.45) is 17.1 Å². The quantitative estimate of drug-likeness (QED) is 0.815. The van der Waals surface area contributed by atoms with Gasteiger partial charge in [0.25, 0.3) is 0 Å². The molecule has 2 unspecified atom stereocenters. The Morgan fingerprint density at radius 3 is 2.00 bits per heavy atom. The Morgan fingerprint density at radius 2 is 1.56 bits per heavy atom.